The molecule has 3 aromatic rings. The maximum absolute atomic E-state index is 12.4. The number of nitrogens with zero attached hydrogens (tertiary/aromatic N) is 3. The summed E-state index contributed by atoms with van der Waals surface area (Å²) in [6.45, 7) is 5.24. The van der Waals surface area contributed by atoms with Crippen LogP contribution >= 0.6 is 11.3 Å². The minimum absolute atomic E-state index is 0.103. The Hall–Kier alpha value is -2.38. The van der Waals surface area contributed by atoms with E-state index in [9.17, 15) is 4.79 Å². The number of carbonyl (C=O) groups is 1. The third-order valence-corrected chi connectivity index (χ3v) is 5.70. The first-order valence-corrected chi connectivity index (χ1v) is 9.73. The maximum Gasteiger partial charge on any atom is 0.271 e. The van der Waals surface area contributed by atoms with Crippen LogP contribution in [0.2, 0.25) is 0 Å². The van der Waals surface area contributed by atoms with Gasteiger partial charge in [-0.1, -0.05) is 6.07 Å². The van der Waals surface area contributed by atoms with Gasteiger partial charge in [-0.15, -0.1) is 11.3 Å². The van der Waals surface area contributed by atoms with E-state index in [0.717, 1.165) is 37.6 Å². The fourth-order valence-corrected chi connectivity index (χ4v) is 4.02. The second-order valence-electron chi connectivity index (χ2n) is 6.49. The van der Waals surface area contributed by atoms with Crippen LogP contribution in [0.15, 0.2) is 46.5 Å². The van der Waals surface area contributed by atoms with Crippen molar-refractivity contribution < 1.29 is 9.21 Å². The largest absolute Gasteiger partial charge is 0.468 e. The summed E-state index contributed by atoms with van der Waals surface area (Å²) in [6, 6.07) is 8.15. The zero-order valence-corrected chi connectivity index (χ0v) is 15.5. The molecule has 0 radical (unpaired) electrons. The number of rotatable bonds is 6. The molecule has 0 spiro atoms. The lowest BCUT2D eigenvalue weighted by atomic mass is 10.2. The van der Waals surface area contributed by atoms with Gasteiger partial charge in [0.05, 0.1) is 18.8 Å². The number of fused-ring (bicyclic) bond motifs is 1. The van der Waals surface area contributed by atoms with E-state index in [1.54, 1.807) is 17.6 Å². The van der Waals surface area contributed by atoms with Crippen molar-refractivity contribution in [2.45, 2.75) is 32.5 Å². The molecule has 26 heavy (non-hydrogen) atoms. The zero-order chi connectivity index (χ0) is 17.9. The van der Waals surface area contributed by atoms with Gasteiger partial charge in [0.1, 0.15) is 17.3 Å². The van der Waals surface area contributed by atoms with Gasteiger partial charge in [0.25, 0.3) is 5.91 Å². The highest BCUT2D eigenvalue weighted by Gasteiger charge is 2.28. The molecule has 0 fully saturated rings. The molecule has 4 rings (SSSR count). The lowest BCUT2D eigenvalue weighted by molar-refractivity contribution is 0.0949. The molecular weight excluding hydrogens is 348 g/mol. The van der Waals surface area contributed by atoms with Crippen LogP contribution in [-0.2, 0) is 19.5 Å². The van der Waals surface area contributed by atoms with E-state index in [0.29, 0.717) is 12.2 Å². The van der Waals surface area contributed by atoms with Gasteiger partial charge in [-0.2, -0.15) is 0 Å². The predicted octanol–water partition coefficient (Wildman–Crippen LogP) is 3.09. The van der Waals surface area contributed by atoms with Gasteiger partial charge in [0, 0.05) is 30.7 Å². The summed E-state index contributed by atoms with van der Waals surface area (Å²) in [5.41, 5.74) is 0.498. The number of aromatic nitrogens is 2. The quantitative estimate of drug-likeness (QED) is 0.724. The minimum Gasteiger partial charge on any atom is -0.468 e. The Balaban J connectivity index is 1.39. The molecular formula is C19H22N4O2S. The van der Waals surface area contributed by atoms with E-state index < -0.39 is 0 Å². The summed E-state index contributed by atoms with van der Waals surface area (Å²) in [4.78, 5) is 20.6. The Labute approximate surface area is 156 Å². The Morgan fingerprint density at radius 2 is 2.31 bits per heavy atom. The van der Waals surface area contributed by atoms with Crippen LogP contribution < -0.4 is 5.32 Å². The molecule has 3 aromatic heterocycles. The molecule has 6 nitrogen and oxygen atoms in total. The van der Waals surface area contributed by atoms with Crippen molar-refractivity contribution in [1.29, 1.82) is 0 Å². The van der Waals surface area contributed by atoms with E-state index in [1.165, 1.54) is 4.88 Å². The standard InChI is InChI=1S/C19H22N4O2S/c1-14-18-21-17(19(24)20-7-6-16-5-3-11-26-16)13-23(18)9-8-22(14)12-15-4-2-10-25-15/h2-5,10-11,13-14H,6-9,12H2,1H3,(H,20,24)/t14-/m1/s1. The molecule has 1 atom stereocenters. The number of carbonyl (C=O) groups excluding carboxylic acids is 1. The summed E-state index contributed by atoms with van der Waals surface area (Å²) in [5, 5.41) is 5.02. The molecule has 0 aliphatic carbocycles. The maximum atomic E-state index is 12.4. The highest BCUT2D eigenvalue weighted by Crippen LogP contribution is 2.26. The lowest BCUT2D eigenvalue weighted by Gasteiger charge is -2.32. The molecule has 4 heterocycles. The SMILES string of the molecule is C[C@@H]1c2nc(C(=O)NCCc3cccs3)cn2CCN1Cc1ccco1. The number of nitrogens with one attached hydrogen (secondary N) is 1. The van der Waals surface area contributed by atoms with Crippen LogP contribution in [0.5, 0.6) is 0 Å². The summed E-state index contributed by atoms with van der Waals surface area (Å²) >= 11 is 1.71. The number of imidazole rings is 1. The summed E-state index contributed by atoms with van der Waals surface area (Å²) in [5.74, 6) is 1.78. The van der Waals surface area contributed by atoms with E-state index in [1.807, 2.05) is 24.4 Å². The Morgan fingerprint density at radius 3 is 3.08 bits per heavy atom. The van der Waals surface area contributed by atoms with Crippen LogP contribution in [0.3, 0.4) is 0 Å². The van der Waals surface area contributed by atoms with Crippen LogP contribution in [-0.4, -0.2) is 33.4 Å². The lowest BCUT2D eigenvalue weighted by Crippen LogP contribution is -2.36. The first kappa shape index (κ1) is 17.1. The van der Waals surface area contributed by atoms with Gasteiger partial charge < -0.3 is 14.3 Å². The van der Waals surface area contributed by atoms with Gasteiger partial charge in [-0.25, -0.2) is 4.98 Å². The molecule has 1 amide bonds. The summed E-state index contributed by atoms with van der Waals surface area (Å²) in [7, 11) is 0. The normalized spacial score (nSPS) is 17.2. The second-order valence-corrected chi connectivity index (χ2v) is 7.52. The second kappa shape index (κ2) is 7.47. The Kier molecular flexibility index (Phi) is 4.90. The van der Waals surface area contributed by atoms with Crippen molar-refractivity contribution in [1.82, 2.24) is 19.8 Å². The van der Waals surface area contributed by atoms with Crippen molar-refractivity contribution in [3.8, 4) is 0 Å². The first-order chi connectivity index (χ1) is 12.7. The third kappa shape index (κ3) is 3.59. The molecule has 0 saturated carbocycles. The number of furan rings is 1. The van der Waals surface area contributed by atoms with Crippen molar-refractivity contribution >= 4 is 17.2 Å². The van der Waals surface area contributed by atoms with Crippen LogP contribution in [0.1, 0.15) is 39.9 Å². The molecule has 7 heteroatoms. The van der Waals surface area contributed by atoms with E-state index in [2.05, 4.69) is 38.1 Å². The average molecular weight is 370 g/mol. The van der Waals surface area contributed by atoms with Crippen molar-refractivity contribution in [3.63, 3.8) is 0 Å². The first-order valence-electron chi connectivity index (χ1n) is 8.85. The van der Waals surface area contributed by atoms with Gasteiger partial charge >= 0.3 is 0 Å². The Morgan fingerprint density at radius 1 is 1.38 bits per heavy atom. The molecule has 1 aliphatic heterocycles. The van der Waals surface area contributed by atoms with E-state index in [4.69, 9.17) is 4.42 Å². The molecule has 1 aliphatic rings. The number of amides is 1. The molecule has 0 saturated heterocycles. The molecule has 1 N–H and O–H groups in total. The number of hydrogen-bond acceptors (Lipinski definition) is 5. The fraction of sp³-hybridized carbons (Fsp3) is 0.368. The van der Waals surface area contributed by atoms with Gasteiger partial charge in [-0.3, -0.25) is 9.69 Å². The monoisotopic (exact) mass is 370 g/mol. The van der Waals surface area contributed by atoms with Crippen LogP contribution in [0, 0.1) is 0 Å². The molecule has 0 unspecified atom stereocenters. The topological polar surface area (TPSA) is 63.3 Å². The molecule has 136 valence electrons. The van der Waals surface area contributed by atoms with E-state index >= 15 is 0 Å². The van der Waals surface area contributed by atoms with Crippen molar-refractivity contribution in [2.24, 2.45) is 0 Å². The van der Waals surface area contributed by atoms with Crippen molar-refractivity contribution in [3.05, 3.63) is 64.3 Å². The zero-order valence-electron chi connectivity index (χ0n) is 14.7. The van der Waals surface area contributed by atoms with Gasteiger partial charge in [0.15, 0.2) is 0 Å². The average Bonchev–Trinajstić information content (AvgIpc) is 3.38. The van der Waals surface area contributed by atoms with Crippen molar-refractivity contribution in [2.75, 3.05) is 13.1 Å². The summed E-state index contributed by atoms with van der Waals surface area (Å²) < 4.78 is 7.55. The predicted molar refractivity (Wildman–Crippen MR) is 100 cm³/mol. The Bertz CT molecular complexity index is 854. The highest BCUT2D eigenvalue weighted by molar-refractivity contribution is 7.09. The molecule has 0 bridgehead atoms. The van der Waals surface area contributed by atoms with Crippen LogP contribution in [0.25, 0.3) is 0 Å². The summed E-state index contributed by atoms with van der Waals surface area (Å²) in [6.07, 6.45) is 4.42. The van der Waals surface area contributed by atoms with Gasteiger partial charge in [0.2, 0.25) is 0 Å². The minimum atomic E-state index is -0.103. The fourth-order valence-electron chi connectivity index (χ4n) is 3.31. The number of hydrogen-bond donors (Lipinski definition) is 1. The third-order valence-electron chi connectivity index (χ3n) is 4.77. The number of thiophene rings is 1. The van der Waals surface area contributed by atoms with Crippen LogP contribution in [0.4, 0.5) is 0 Å². The highest BCUT2D eigenvalue weighted by atomic mass is 32.1. The van der Waals surface area contributed by atoms with E-state index in [-0.39, 0.29) is 11.9 Å². The molecule has 0 aromatic carbocycles. The smallest absolute Gasteiger partial charge is 0.271 e. The van der Waals surface area contributed by atoms with Gasteiger partial charge in [-0.05, 0) is 36.9 Å².